The van der Waals surface area contributed by atoms with Gasteiger partial charge in [0.15, 0.2) is 5.96 Å². The third-order valence-electron chi connectivity index (χ3n) is 3.27. The van der Waals surface area contributed by atoms with Gasteiger partial charge in [-0.2, -0.15) is 0 Å². The predicted molar refractivity (Wildman–Crippen MR) is 105 cm³/mol. The van der Waals surface area contributed by atoms with E-state index in [0.717, 1.165) is 24.6 Å². The van der Waals surface area contributed by atoms with Crippen LogP contribution in [-0.2, 0) is 17.7 Å². The quantitative estimate of drug-likeness (QED) is 0.406. The summed E-state index contributed by atoms with van der Waals surface area (Å²) in [7, 11) is 3.52. The van der Waals surface area contributed by atoms with Gasteiger partial charge in [0.1, 0.15) is 0 Å². The molecule has 0 radical (unpaired) electrons. The Bertz CT molecular complexity index is 457. The van der Waals surface area contributed by atoms with Gasteiger partial charge >= 0.3 is 0 Å². The van der Waals surface area contributed by atoms with Gasteiger partial charge in [0.25, 0.3) is 0 Å². The van der Waals surface area contributed by atoms with E-state index in [9.17, 15) is 0 Å². The molecule has 128 valence electrons. The summed E-state index contributed by atoms with van der Waals surface area (Å²) in [5, 5.41) is 9.85. The lowest BCUT2D eigenvalue weighted by molar-refractivity contribution is 0.0205. The van der Waals surface area contributed by atoms with E-state index in [2.05, 4.69) is 53.7 Å². The van der Waals surface area contributed by atoms with E-state index >= 15 is 0 Å². The van der Waals surface area contributed by atoms with Gasteiger partial charge < -0.3 is 15.4 Å². The summed E-state index contributed by atoms with van der Waals surface area (Å²) >= 11 is 1.70. The Labute approximate surface area is 155 Å². The maximum atomic E-state index is 5.53. The molecule has 0 aromatic carbocycles. The molecule has 5 nitrogen and oxygen atoms in total. The SMILES string of the molecule is CCc1nc(CNC(=NC)NCC(OC)C(C)(C)C)cs1.I. The third-order valence-corrected chi connectivity index (χ3v) is 4.31. The van der Waals surface area contributed by atoms with Crippen LogP contribution in [0.15, 0.2) is 10.4 Å². The van der Waals surface area contributed by atoms with Crippen molar-refractivity contribution >= 4 is 41.3 Å². The predicted octanol–water partition coefficient (Wildman–Crippen LogP) is 3.05. The lowest BCUT2D eigenvalue weighted by atomic mass is 9.89. The van der Waals surface area contributed by atoms with E-state index in [0.29, 0.717) is 6.54 Å². The second kappa shape index (κ2) is 10.4. The Morgan fingerprint density at radius 2 is 2.09 bits per heavy atom. The number of aromatic nitrogens is 1. The molecule has 0 aliphatic rings. The molecule has 0 aliphatic carbocycles. The number of hydrogen-bond donors (Lipinski definition) is 2. The van der Waals surface area contributed by atoms with E-state index < -0.39 is 0 Å². The minimum Gasteiger partial charge on any atom is -0.379 e. The zero-order chi connectivity index (χ0) is 15.9. The van der Waals surface area contributed by atoms with Crippen LogP contribution in [0.2, 0.25) is 0 Å². The Morgan fingerprint density at radius 3 is 2.55 bits per heavy atom. The van der Waals surface area contributed by atoms with E-state index in [1.54, 1.807) is 25.5 Å². The number of aryl methyl sites for hydroxylation is 1. The van der Waals surface area contributed by atoms with Crippen molar-refractivity contribution in [1.82, 2.24) is 15.6 Å². The summed E-state index contributed by atoms with van der Waals surface area (Å²) in [5.74, 6) is 0.771. The highest BCUT2D eigenvalue weighted by Gasteiger charge is 2.24. The first-order chi connectivity index (χ1) is 9.90. The fourth-order valence-electron chi connectivity index (χ4n) is 1.92. The number of halogens is 1. The molecular formula is C15H29IN4OS. The standard InChI is InChI=1S/C15H28N4OS.HI/c1-7-13-19-11(10-21-13)8-17-14(16-5)18-9-12(20-6)15(2,3)4;/h10,12H,7-9H2,1-6H3,(H2,16,17,18);1H. The van der Waals surface area contributed by atoms with Gasteiger partial charge in [-0.05, 0) is 11.8 Å². The van der Waals surface area contributed by atoms with Crippen LogP contribution in [0.4, 0.5) is 0 Å². The lowest BCUT2D eigenvalue weighted by Gasteiger charge is -2.30. The van der Waals surface area contributed by atoms with Gasteiger partial charge in [0.05, 0.1) is 23.4 Å². The molecule has 0 spiro atoms. The minimum atomic E-state index is 0. The van der Waals surface area contributed by atoms with E-state index in [-0.39, 0.29) is 35.5 Å². The highest BCUT2D eigenvalue weighted by molar-refractivity contribution is 14.0. The normalized spacial score (nSPS) is 13.5. The summed E-state index contributed by atoms with van der Waals surface area (Å²) in [4.78, 5) is 8.77. The smallest absolute Gasteiger partial charge is 0.191 e. The van der Waals surface area contributed by atoms with Crippen molar-refractivity contribution in [1.29, 1.82) is 0 Å². The van der Waals surface area contributed by atoms with E-state index in [4.69, 9.17) is 4.74 Å². The van der Waals surface area contributed by atoms with Gasteiger partial charge in [-0.1, -0.05) is 27.7 Å². The number of methoxy groups -OCH3 is 1. The van der Waals surface area contributed by atoms with Gasteiger partial charge in [-0.3, -0.25) is 4.99 Å². The van der Waals surface area contributed by atoms with Crippen molar-refractivity contribution in [3.05, 3.63) is 16.1 Å². The summed E-state index contributed by atoms with van der Waals surface area (Å²) in [6.07, 6.45) is 1.11. The van der Waals surface area contributed by atoms with E-state index in [1.165, 1.54) is 5.01 Å². The largest absolute Gasteiger partial charge is 0.379 e. The molecule has 0 saturated carbocycles. The molecule has 2 N–H and O–H groups in total. The molecule has 0 bridgehead atoms. The second-order valence-corrected chi connectivity index (χ2v) is 6.93. The number of thiazole rings is 1. The Kier molecular flexibility index (Phi) is 10.2. The first-order valence-corrected chi connectivity index (χ1v) is 8.19. The fraction of sp³-hybridized carbons (Fsp3) is 0.733. The molecule has 7 heteroatoms. The highest BCUT2D eigenvalue weighted by atomic mass is 127. The Morgan fingerprint density at radius 1 is 1.41 bits per heavy atom. The highest BCUT2D eigenvalue weighted by Crippen LogP contribution is 2.20. The summed E-state index contributed by atoms with van der Waals surface area (Å²) in [6, 6.07) is 0. The first-order valence-electron chi connectivity index (χ1n) is 7.31. The molecule has 1 unspecified atom stereocenters. The van der Waals surface area contributed by atoms with Crippen LogP contribution in [0.5, 0.6) is 0 Å². The molecule has 1 aromatic heterocycles. The van der Waals surface area contributed by atoms with Crippen LogP contribution in [0.25, 0.3) is 0 Å². The maximum absolute atomic E-state index is 5.53. The van der Waals surface area contributed by atoms with Crippen LogP contribution in [0.3, 0.4) is 0 Å². The van der Waals surface area contributed by atoms with Gasteiger partial charge in [-0.25, -0.2) is 4.98 Å². The topological polar surface area (TPSA) is 58.5 Å². The molecule has 0 saturated heterocycles. The number of aliphatic imine (C=N–C) groups is 1. The van der Waals surface area contributed by atoms with Crippen molar-refractivity contribution in [2.24, 2.45) is 10.4 Å². The van der Waals surface area contributed by atoms with Gasteiger partial charge in [0.2, 0.25) is 0 Å². The van der Waals surface area contributed by atoms with Crippen molar-refractivity contribution in [2.45, 2.75) is 46.8 Å². The average molecular weight is 440 g/mol. The molecule has 22 heavy (non-hydrogen) atoms. The van der Waals surface area contributed by atoms with Crippen LogP contribution in [-0.4, -0.2) is 37.7 Å². The van der Waals surface area contributed by atoms with Crippen molar-refractivity contribution in [3.63, 3.8) is 0 Å². The molecule has 1 aromatic rings. The summed E-state index contributed by atoms with van der Waals surface area (Å²) < 4.78 is 5.53. The van der Waals surface area contributed by atoms with Crippen molar-refractivity contribution < 1.29 is 4.74 Å². The zero-order valence-corrected chi connectivity index (χ0v) is 17.5. The van der Waals surface area contributed by atoms with Crippen LogP contribution < -0.4 is 10.6 Å². The summed E-state index contributed by atoms with van der Waals surface area (Å²) in [5.41, 5.74) is 1.14. The molecule has 1 heterocycles. The number of hydrogen-bond acceptors (Lipinski definition) is 4. The first kappa shape index (κ1) is 21.6. The number of guanidine groups is 1. The molecular weight excluding hydrogens is 411 g/mol. The number of nitrogens with one attached hydrogen (secondary N) is 2. The lowest BCUT2D eigenvalue weighted by Crippen LogP contribution is -2.45. The molecule has 1 atom stereocenters. The van der Waals surface area contributed by atoms with Crippen LogP contribution >= 0.6 is 35.3 Å². The monoisotopic (exact) mass is 440 g/mol. The Hall–Kier alpha value is -0.410. The summed E-state index contributed by atoms with van der Waals surface area (Å²) in [6.45, 7) is 10.0. The molecule has 1 rings (SSSR count). The van der Waals surface area contributed by atoms with E-state index in [1.807, 2.05) is 0 Å². The maximum Gasteiger partial charge on any atom is 0.191 e. The number of rotatable bonds is 6. The number of nitrogens with zero attached hydrogens (tertiary/aromatic N) is 2. The zero-order valence-electron chi connectivity index (χ0n) is 14.4. The molecule has 0 fully saturated rings. The number of ether oxygens (including phenoxy) is 1. The minimum absolute atomic E-state index is 0. The van der Waals surface area contributed by atoms with Gasteiger partial charge in [0, 0.05) is 26.1 Å². The molecule has 0 aliphatic heterocycles. The fourth-order valence-corrected chi connectivity index (χ4v) is 2.66. The van der Waals surface area contributed by atoms with Gasteiger partial charge in [-0.15, -0.1) is 35.3 Å². The third kappa shape index (κ3) is 7.23. The second-order valence-electron chi connectivity index (χ2n) is 5.98. The van der Waals surface area contributed by atoms with Crippen molar-refractivity contribution in [2.75, 3.05) is 20.7 Å². The van der Waals surface area contributed by atoms with Crippen molar-refractivity contribution in [3.8, 4) is 0 Å². The van der Waals surface area contributed by atoms with Crippen LogP contribution in [0.1, 0.15) is 38.4 Å². The van der Waals surface area contributed by atoms with Crippen LogP contribution in [0, 0.1) is 5.41 Å². The molecule has 0 amide bonds. The average Bonchev–Trinajstić information content (AvgIpc) is 2.89. The Balaban J connectivity index is 0.00000441.